The lowest BCUT2D eigenvalue weighted by Gasteiger charge is -2.16. The van der Waals surface area contributed by atoms with E-state index in [4.69, 9.17) is 34.8 Å². The number of alkyl halides is 1. The maximum absolute atomic E-state index is 12.7. The lowest BCUT2D eigenvalue weighted by atomic mass is 10.1. The largest absolute Gasteiger partial charge is 0.290 e. The van der Waals surface area contributed by atoms with E-state index < -0.39 is 21.4 Å². The molecule has 10 heteroatoms. The normalized spacial score (nSPS) is 12.7. The molecule has 0 aromatic heterocycles. The van der Waals surface area contributed by atoms with Gasteiger partial charge in [-0.05, 0) is 17.4 Å². The Hall–Kier alpha value is -0.210. The van der Waals surface area contributed by atoms with E-state index in [9.17, 15) is 18.2 Å². The number of hydrazine groups is 1. The SMILES string of the molecule is O=C(C(Br)c1c(Cl)cc(Cl)cc1Cl)N(F)N(F)F. The summed E-state index contributed by atoms with van der Waals surface area (Å²) in [4.78, 5) is 9.83. The van der Waals surface area contributed by atoms with E-state index in [1.54, 1.807) is 0 Å². The van der Waals surface area contributed by atoms with Crippen LogP contribution in [0.5, 0.6) is 0 Å². The van der Waals surface area contributed by atoms with Crippen LogP contribution >= 0.6 is 50.7 Å². The van der Waals surface area contributed by atoms with Crippen molar-refractivity contribution in [1.29, 1.82) is 0 Å². The van der Waals surface area contributed by atoms with Crippen LogP contribution in [0.3, 0.4) is 0 Å². The Labute approximate surface area is 123 Å². The molecule has 1 unspecified atom stereocenters. The molecule has 0 saturated carbocycles. The summed E-state index contributed by atoms with van der Waals surface area (Å²) in [6.45, 7) is 0. The molecule has 0 aliphatic heterocycles. The van der Waals surface area contributed by atoms with Crippen LogP contribution in [0, 0.1) is 0 Å². The van der Waals surface area contributed by atoms with Crippen LogP contribution in [-0.4, -0.2) is 16.6 Å². The highest BCUT2D eigenvalue weighted by Crippen LogP contribution is 2.38. The maximum atomic E-state index is 12.7. The standard InChI is InChI=1S/C8H3BrCl3F3N2O/c9-7(8(18)16(13)17(14)15)6-4(11)1-3(10)2-5(6)12/h1-2,7H. The molecule has 18 heavy (non-hydrogen) atoms. The number of benzene rings is 1. The lowest BCUT2D eigenvalue weighted by molar-refractivity contribution is -0.350. The number of hydrogen-bond acceptors (Lipinski definition) is 2. The molecule has 0 heterocycles. The van der Waals surface area contributed by atoms with Gasteiger partial charge in [-0.15, -0.1) is 0 Å². The van der Waals surface area contributed by atoms with E-state index >= 15 is 0 Å². The lowest BCUT2D eigenvalue weighted by Crippen LogP contribution is -2.32. The highest BCUT2D eigenvalue weighted by molar-refractivity contribution is 9.09. The molecule has 0 spiro atoms. The van der Waals surface area contributed by atoms with Crippen LogP contribution in [0.15, 0.2) is 12.1 Å². The molecule has 1 atom stereocenters. The fourth-order valence-electron chi connectivity index (χ4n) is 1.09. The van der Waals surface area contributed by atoms with Gasteiger partial charge in [0, 0.05) is 20.6 Å². The molecule has 1 rings (SSSR count). The van der Waals surface area contributed by atoms with Gasteiger partial charge in [0.2, 0.25) is 0 Å². The van der Waals surface area contributed by atoms with Crippen LogP contribution < -0.4 is 0 Å². The Bertz CT molecular complexity index is 454. The monoisotopic (exact) mass is 384 g/mol. The number of carbonyl (C=O) groups is 1. The minimum absolute atomic E-state index is 0.0552. The van der Waals surface area contributed by atoms with E-state index in [0.717, 1.165) is 0 Å². The number of amides is 1. The van der Waals surface area contributed by atoms with Gasteiger partial charge >= 0.3 is 0 Å². The second kappa shape index (κ2) is 6.29. The van der Waals surface area contributed by atoms with E-state index in [1.165, 1.54) is 12.1 Å². The van der Waals surface area contributed by atoms with Gasteiger partial charge < -0.3 is 0 Å². The van der Waals surface area contributed by atoms with Crippen molar-refractivity contribution in [1.82, 2.24) is 10.7 Å². The third-order valence-corrected chi connectivity index (χ3v) is 3.52. The first-order valence-corrected chi connectivity index (χ1v) is 6.20. The summed E-state index contributed by atoms with van der Waals surface area (Å²) >= 11 is 19.9. The van der Waals surface area contributed by atoms with E-state index in [-0.39, 0.29) is 20.6 Å². The third kappa shape index (κ3) is 3.42. The fraction of sp³-hybridized carbons (Fsp3) is 0.125. The predicted octanol–water partition coefficient (Wildman–Crippen LogP) is 4.78. The Morgan fingerprint density at radius 2 is 1.61 bits per heavy atom. The van der Waals surface area contributed by atoms with Crippen molar-refractivity contribution in [2.75, 3.05) is 0 Å². The van der Waals surface area contributed by atoms with Crippen LogP contribution in [0.1, 0.15) is 10.4 Å². The molecule has 0 N–H and O–H groups in total. The zero-order valence-corrected chi connectivity index (χ0v) is 12.0. The van der Waals surface area contributed by atoms with Crippen LogP contribution in [0.2, 0.25) is 15.1 Å². The molecule has 100 valence electrons. The van der Waals surface area contributed by atoms with Crippen molar-refractivity contribution in [3.63, 3.8) is 0 Å². The molecular weight excluding hydrogens is 383 g/mol. The molecule has 0 radical (unpaired) electrons. The second-order valence-corrected chi connectivity index (χ2v) is 5.13. The first-order valence-electron chi connectivity index (χ1n) is 4.15. The summed E-state index contributed by atoms with van der Waals surface area (Å²) in [6.07, 6.45) is 0. The third-order valence-electron chi connectivity index (χ3n) is 1.83. The van der Waals surface area contributed by atoms with Gasteiger partial charge in [-0.3, -0.25) is 4.79 Å². The Kier molecular flexibility index (Phi) is 5.54. The zero-order chi connectivity index (χ0) is 14.0. The van der Waals surface area contributed by atoms with Crippen molar-refractivity contribution >= 4 is 56.6 Å². The topological polar surface area (TPSA) is 23.6 Å². The molecule has 0 bridgehead atoms. The average Bonchev–Trinajstić information content (AvgIpc) is 2.25. The molecule has 0 fully saturated rings. The Morgan fingerprint density at radius 1 is 1.17 bits per heavy atom. The number of nitrogens with zero attached hydrogens (tertiary/aromatic N) is 2. The van der Waals surface area contributed by atoms with Crippen LogP contribution in [0.4, 0.5) is 13.4 Å². The highest BCUT2D eigenvalue weighted by Gasteiger charge is 2.32. The molecule has 1 aromatic carbocycles. The van der Waals surface area contributed by atoms with Crippen molar-refractivity contribution in [2.45, 2.75) is 4.83 Å². The summed E-state index contributed by atoms with van der Waals surface area (Å²) in [5.41, 5.74) is -2.06. The maximum Gasteiger partial charge on any atom is 0.290 e. The summed E-state index contributed by atoms with van der Waals surface area (Å²) < 4.78 is 36.5. The van der Waals surface area contributed by atoms with Crippen molar-refractivity contribution in [3.8, 4) is 0 Å². The Morgan fingerprint density at radius 3 is 2.00 bits per heavy atom. The quantitative estimate of drug-likeness (QED) is 0.424. The van der Waals surface area contributed by atoms with Gasteiger partial charge in [0.25, 0.3) is 5.91 Å². The second-order valence-electron chi connectivity index (χ2n) is 2.96. The smallest absolute Gasteiger partial charge is 0.269 e. The molecule has 3 nitrogen and oxygen atoms in total. The summed E-state index contributed by atoms with van der Waals surface area (Å²) in [7, 11) is 0. The number of halogens is 7. The molecule has 1 amide bonds. The van der Waals surface area contributed by atoms with Crippen molar-refractivity contribution in [2.24, 2.45) is 0 Å². The predicted molar refractivity (Wildman–Crippen MR) is 65.1 cm³/mol. The first-order chi connectivity index (χ1) is 8.25. The van der Waals surface area contributed by atoms with Gasteiger partial charge in [-0.25, -0.2) is 0 Å². The van der Waals surface area contributed by atoms with E-state index in [2.05, 4.69) is 15.9 Å². The van der Waals surface area contributed by atoms with E-state index in [0.29, 0.717) is 0 Å². The number of hydrogen-bond donors (Lipinski definition) is 0. The summed E-state index contributed by atoms with van der Waals surface area (Å²) in [5.74, 6) is -1.59. The van der Waals surface area contributed by atoms with Gasteiger partial charge in [0.15, 0.2) is 5.45 Å². The molecule has 0 aliphatic carbocycles. The Balaban J connectivity index is 3.12. The minimum atomic E-state index is -2.01. The average molecular weight is 386 g/mol. The van der Waals surface area contributed by atoms with Gasteiger partial charge in [-0.2, -0.15) is 0 Å². The van der Waals surface area contributed by atoms with Crippen molar-refractivity contribution in [3.05, 3.63) is 32.8 Å². The molecule has 1 aromatic rings. The van der Waals surface area contributed by atoms with E-state index in [1.807, 2.05) is 0 Å². The number of rotatable bonds is 3. The molecule has 0 aliphatic rings. The van der Waals surface area contributed by atoms with Gasteiger partial charge in [-0.1, -0.05) is 64.2 Å². The minimum Gasteiger partial charge on any atom is -0.269 e. The first kappa shape index (κ1) is 15.8. The number of carbonyl (C=O) groups excluding carboxylic acids is 1. The zero-order valence-electron chi connectivity index (χ0n) is 8.18. The molecule has 0 saturated heterocycles. The summed E-state index contributed by atoms with van der Waals surface area (Å²) in [6, 6.07) is 2.49. The van der Waals surface area contributed by atoms with Crippen molar-refractivity contribution < 1.29 is 18.2 Å². The van der Waals surface area contributed by atoms with Gasteiger partial charge in [0.05, 0.1) is 0 Å². The van der Waals surface area contributed by atoms with Crippen LogP contribution in [-0.2, 0) is 4.79 Å². The highest BCUT2D eigenvalue weighted by atomic mass is 79.9. The summed E-state index contributed by atoms with van der Waals surface area (Å²) in [5, 5.41) is -1.29. The molecular formula is C8H3BrCl3F3N2O. The fourth-order valence-corrected chi connectivity index (χ4v) is 3.05. The van der Waals surface area contributed by atoms with Gasteiger partial charge in [0.1, 0.15) is 4.83 Å². The van der Waals surface area contributed by atoms with Crippen LogP contribution in [0.25, 0.3) is 0 Å².